The molecule has 0 saturated heterocycles. The summed E-state index contributed by atoms with van der Waals surface area (Å²) in [6.07, 6.45) is 9.75. The fourth-order valence-corrected chi connectivity index (χ4v) is 1.60. The highest BCUT2D eigenvalue weighted by molar-refractivity contribution is 5.87. The van der Waals surface area contributed by atoms with Gasteiger partial charge in [-0.3, -0.25) is 0 Å². The van der Waals surface area contributed by atoms with Crippen molar-refractivity contribution in [3.63, 3.8) is 0 Å². The van der Waals surface area contributed by atoms with Crippen LogP contribution in [0.4, 0.5) is 0 Å². The summed E-state index contributed by atoms with van der Waals surface area (Å²) in [6.45, 7) is 5.78. The molecular weight excluding hydrogens is 214 g/mol. The first kappa shape index (κ1) is 16.2. The molecule has 0 amide bonds. The first-order valence-corrected chi connectivity index (χ1v) is 6.68. The highest BCUT2D eigenvalue weighted by Crippen LogP contribution is 2.04. The highest BCUT2D eigenvalue weighted by atomic mass is 16.5. The van der Waals surface area contributed by atoms with Gasteiger partial charge in [0.1, 0.15) is 0 Å². The Hall–Kier alpha value is -0.830. The van der Waals surface area contributed by atoms with E-state index in [4.69, 9.17) is 0 Å². The van der Waals surface area contributed by atoms with Crippen molar-refractivity contribution in [3.05, 3.63) is 11.6 Å². The second kappa shape index (κ2) is 11.6. The number of esters is 1. The van der Waals surface area contributed by atoms with Crippen molar-refractivity contribution in [1.29, 1.82) is 0 Å². The summed E-state index contributed by atoms with van der Waals surface area (Å²) >= 11 is 0. The summed E-state index contributed by atoms with van der Waals surface area (Å²) in [6, 6.07) is 0. The summed E-state index contributed by atoms with van der Waals surface area (Å²) in [5.74, 6) is -0.244. The van der Waals surface area contributed by atoms with Crippen LogP contribution in [0.15, 0.2) is 11.6 Å². The first-order chi connectivity index (χ1) is 8.22. The van der Waals surface area contributed by atoms with Crippen LogP contribution in [-0.2, 0) is 9.53 Å². The van der Waals surface area contributed by atoms with Crippen molar-refractivity contribution in [2.24, 2.45) is 0 Å². The van der Waals surface area contributed by atoms with E-state index in [9.17, 15) is 4.79 Å². The molecule has 0 aromatic carbocycles. The van der Waals surface area contributed by atoms with Gasteiger partial charge in [-0.15, -0.1) is 0 Å². The summed E-state index contributed by atoms with van der Waals surface area (Å²) < 4.78 is 4.61. The molecule has 0 aliphatic rings. The molecule has 0 aromatic rings. The molecule has 0 aliphatic heterocycles. The fraction of sp³-hybridized carbons (Fsp3) is 0.786. The Balaban J connectivity index is 3.31. The van der Waals surface area contributed by atoms with Crippen molar-refractivity contribution in [1.82, 2.24) is 5.32 Å². The van der Waals surface area contributed by atoms with Crippen LogP contribution in [-0.4, -0.2) is 26.2 Å². The van der Waals surface area contributed by atoms with Crippen LogP contribution in [0.3, 0.4) is 0 Å². The van der Waals surface area contributed by atoms with Gasteiger partial charge in [-0.25, -0.2) is 4.79 Å². The first-order valence-electron chi connectivity index (χ1n) is 6.68. The number of nitrogens with one attached hydrogen (secondary N) is 1. The van der Waals surface area contributed by atoms with Crippen LogP contribution in [0.5, 0.6) is 0 Å². The molecule has 0 radical (unpaired) electrons. The monoisotopic (exact) mass is 241 g/mol. The molecule has 3 heteroatoms. The third kappa shape index (κ3) is 10.1. The number of carbonyl (C=O) groups is 1. The fourth-order valence-electron chi connectivity index (χ4n) is 1.60. The lowest BCUT2D eigenvalue weighted by atomic mass is 10.1. The summed E-state index contributed by atoms with van der Waals surface area (Å²) in [7, 11) is 1.41. The molecule has 0 unspecified atom stereocenters. The molecule has 0 fully saturated rings. The van der Waals surface area contributed by atoms with Crippen LogP contribution in [0.25, 0.3) is 0 Å². The van der Waals surface area contributed by atoms with Gasteiger partial charge < -0.3 is 10.1 Å². The Morgan fingerprint density at radius 2 is 1.82 bits per heavy atom. The number of hydrogen-bond donors (Lipinski definition) is 1. The van der Waals surface area contributed by atoms with Gasteiger partial charge in [-0.1, -0.05) is 45.1 Å². The van der Waals surface area contributed by atoms with Gasteiger partial charge in [0.25, 0.3) is 0 Å². The molecule has 0 spiro atoms. The van der Waals surface area contributed by atoms with E-state index in [-0.39, 0.29) is 5.97 Å². The maximum Gasteiger partial charge on any atom is 0.333 e. The second-order valence-corrected chi connectivity index (χ2v) is 4.35. The summed E-state index contributed by atoms with van der Waals surface area (Å²) in [4.78, 5) is 11.1. The lowest BCUT2D eigenvalue weighted by Gasteiger charge is -2.03. The minimum atomic E-state index is -0.244. The van der Waals surface area contributed by atoms with E-state index in [1.807, 2.05) is 6.08 Å². The minimum absolute atomic E-state index is 0.244. The maximum atomic E-state index is 11.1. The second-order valence-electron chi connectivity index (χ2n) is 4.35. The van der Waals surface area contributed by atoms with Gasteiger partial charge in [0.05, 0.1) is 7.11 Å². The Labute approximate surface area is 106 Å². The molecule has 0 bridgehead atoms. The number of carbonyl (C=O) groups excluding carboxylic acids is 1. The summed E-state index contributed by atoms with van der Waals surface area (Å²) in [5.41, 5.74) is 0.669. The van der Waals surface area contributed by atoms with E-state index < -0.39 is 0 Å². The molecule has 17 heavy (non-hydrogen) atoms. The van der Waals surface area contributed by atoms with Crippen LogP contribution < -0.4 is 5.32 Å². The number of rotatable bonds is 10. The van der Waals surface area contributed by atoms with E-state index in [0.717, 1.165) is 13.1 Å². The van der Waals surface area contributed by atoms with Crippen molar-refractivity contribution >= 4 is 5.97 Å². The zero-order valence-corrected chi connectivity index (χ0v) is 11.6. The predicted octanol–water partition coefficient (Wildman–Crippen LogP) is 3.06. The van der Waals surface area contributed by atoms with Crippen molar-refractivity contribution in [2.45, 2.75) is 52.4 Å². The van der Waals surface area contributed by atoms with Crippen molar-refractivity contribution < 1.29 is 9.53 Å². The average Bonchev–Trinajstić information content (AvgIpc) is 2.35. The van der Waals surface area contributed by atoms with Crippen molar-refractivity contribution in [2.75, 3.05) is 20.2 Å². The smallest absolute Gasteiger partial charge is 0.333 e. The van der Waals surface area contributed by atoms with Gasteiger partial charge in [0, 0.05) is 12.1 Å². The zero-order chi connectivity index (χ0) is 12.9. The highest BCUT2D eigenvalue weighted by Gasteiger charge is 2.00. The van der Waals surface area contributed by atoms with E-state index in [1.165, 1.54) is 45.6 Å². The molecule has 0 heterocycles. The minimum Gasteiger partial charge on any atom is -0.466 e. The molecule has 0 aliphatic carbocycles. The Bertz CT molecular complexity index is 224. The van der Waals surface area contributed by atoms with Crippen LogP contribution in [0.1, 0.15) is 52.4 Å². The molecule has 100 valence electrons. The Morgan fingerprint density at radius 3 is 2.47 bits per heavy atom. The van der Waals surface area contributed by atoms with Crippen LogP contribution >= 0.6 is 0 Å². The van der Waals surface area contributed by atoms with Gasteiger partial charge in [0.15, 0.2) is 0 Å². The molecule has 0 aromatic heterocycles. The number of unbranched alkanes of at least 4 members (excludes halogenated alkanes) is 5. The Morgan fingerprint density at radius 1 is 1.18 bits per heavy atom. The maximum absolute atomic E-state index is 11.1. The van der Waals surface area contributed by atoms with E-state index in [0.29, 0.717) is 5.57 Å². The predicted molar refractivity (Wildman–Crippen MR) is 72.0 cm³/mol. The number of ether oxygens (including phenoxy) is 1. The molecule has 3 nitrogen and oxygen atoms in total. The number of hydrogen-bond acceptors (Lipinski definition) is 3. The van der Waals surface area contributed by atoms with E-state index >= 15 is 0 Å². The van der Waals surface area contributed by atoms with E-state index in [1.54, 1.807) is 6.92 Å². The summed E-state index contributed by atoms with van der Waals surface area (Å²) in [5, 5.41) is 3.30. The SMILES string of the molecule is CCCCCCCCNC/C=C(/C)C(=O)OC. The van der Waals surface area contributed by atoms with Crippen LogP contribution in [0, 0.1) is 0 Å². The normalized spacial score (nSPS) is 11.6. The van der Waals surface area contributed by atoms with Crippen LogP contribution in [0.2, 0.25) is 0 Å². The topological polar surface area (TPSA) is 38.3 Å². The van der Waals surface area contributed by atoms with Gasteiger partial charge in [-0.05, 0) is 19.9 Å². The number of methoxy groups -OCH3 is 1. The van der Waals surface area contributed by atoms with E-state index in [2.05, 4.69) is 17.0 Å². The largest absolute Gasteiger partial charge is 0.466 e. The standard InChI is InChI=1S/C14H27NO2/c1-4-5-6-7-8-9-11-15-12-10-13(2)14(16)17-3/h10,15H,4-9,11-12H2,1-3H3/b13-10-. The molecule has 1 N–H and O–H groups in total. The van der Waals surface area contributed by atoms with Gasteiger partial charge in [-0.2, -0.15) is 0 Å². The van der Waals surface area contributed by atoms with Gasteiger partial charge in [0.2, 0.25) is 0 Å². The lowest BCUT2D eigenvalue weighted by molar-refractivity contribution is -0.136. The molecule has 0 saturated carbocycles. The third-order valence-corrected chi connectivity index (χ3v) is 2.77. The molecule has 0 rings (SSSR count). The third-order valence-electron chi connectivity index (χ3n) is 2.77. The van der Waals surface area contributed by atoms with Gasteiger partial charge >= 0.3 is 5.97 Å². The average molecular weight is 241 g/mol. The zero-order valence-electron chi connectivity index (χ0n) is 11.6. The molecule has 0 atom stereocenters. The molecular formula is C14H27NO2. The van der Waals surface area contributed by atoms with Crippen molar-refractivity contribution in [3.8, 4) is 0 Å². The quantitative estimate of drug-likeness (QED) is 0.363. The Kier molecular flexibility index (Phi) is 11.1. The lowest BCUT2D eigenvalue weighted by Crippen LogP contribution is -2.16.